The SMILES string of the molecule is O=C(F)C1CC1. The first kappa shape index (κ1) is 3.78. The van der Waals surface area contributed by atoms with Gasteiger partial charge in [0.05, 0.1) is 0 Å². The zero-order valence-corrected chi connectivity index (χ0v) is 3.28. The van der Waals surface area contributed by atoms with Gasteiger partial charge in [-0.25, -0.2) is 0 Å². The molecule has 0 saturated heterocycles. The topological polar surface area (TPSA) is 17.1 Å². The van der Waals surface area contributed by atoms with Crippen LogP contribution in [-0.4, -0.2) is 6.04 Å². The Balaban J connectivity index is 2.31. The molecular formula is C4H5FO. The van der Waals surface area contributed by atoms with E-state index in [4.69, 9.17) is 0 Å². The molecule has 0 atom stereocenters. The predicted molar refractivity (Wildman–Crippen MR) is 18.8 cm³/mol. The first-order valence-electron chi connectivity index (χ1n) is 2.00. The Morgan fingerprint density at radius 1 is 1.67 bits per heavy atom. The van der Waals surface area contributed by atoms with Crippen LogP contribution in [0.2, 0.25) is 0 Å². The monoisotopic (exact) mass is 88.0 g/mol. The molecule has 0 heterocycles. The predicted octanol–water partition coefficient (Wildman–Crippen LogP) is 0.893. The Labute approximate surface area is 35.2 Å². The van der Waals surface area contributed by atoms with Crippen molar-refractivity contribution in [2.45, 2.75) is 12.8 Å². The van der Waals surface area contributed by atoms with Gasteiger partial charge in [-0.1, -0.05) is 0 Å². The molecule has 0 N–H and O–H groups in total. The highest BCUT2D eigenvalue weighted by molar-refractivity contribution is 5.73. The average molecular weight is 88.1 g/mol. The molecule has 0 bridgehead atoms. The molecule has 0 aromatic rings. The summed E-state index contributed by atoms with van der Waals surface area (Å²) in [6, 6.07) is -1.13. The normalized spacial score (nSPS) is 20.8. The molecule has 0 radical (unpaired) electrons. The number of halogens is 1. The lowest BCUT2D eigenvalue weighted by molar-refractivity contribution is -0.130. The third-order valence-corrected chi connectivity index (χ3v) is 0.898. The quantitative estimate of drug-likeness (QED) is 0.435. The van der Waals surface area contributed by atoms with E-state index in [-0.39, 0.29) is 5.92 Å². The molecule has 34 valence electrons. The Morgan fingerprint density at radius 2 is 2.17 bits per heavy atom. The van der Waals surface area contributed by atoms with Crippen molar-refractivity contribution in [2.24, 2.45) is 5.92 Å². The smallest absolute Gasteiger partial charge is 0.261 e. The molecule has 1 rings (SSSR count). The minimum Gasteiger partial charge on any atom is -0.261 e. The third kappa shape index (κ3) is 0.559. The van der Waals surface area contributed by atoms with E-state index in [1.165, 1.54) is 0 Å². The largest absolute Gasteiger partial charge is 0.304 e. The summed E-state index contributed by atoms with van der Waals surface area (Å²) < 4.78 is 11.2. The maximum atomic E-state index is 11.2. The number of carbonyl (C=O) groups is 1. The highest BCUT2D eigenvalue weighted by atomic mass is 19.1. The minimum atomic E-state index is -1.13. The van der Waals surface area contributed by atoms with Crippen LogP contribution in [0.1, 0.15) is 12.8 Å². The van der Waals surface area contributed by atoms with Crippen molar-refractivity contribution in [3.05, 3.63) is 0 Å². The van der Waals surface area contributed by atoms with Crippen molar-refractivity contribution < 1.29 is 9.18 Å². The number of carbonyl (C=O) groups excluding carboxylic acids is 1. The van der Waals surface area contributed by atoms with Crippen LogP contribution >= 0.6 is 0 Å². The third-order valence-electron chi connectivity index (χ3n) is 0.898. The molecule has 1 saturated carbocycles. The first-order valence-corrected chi connectivity index (χ1v) is 2.00. The van der Waals surface area contributed by atoms with Crippen LogP contribution in [-0.2, 0) is 4.79 Å². The van der Waals surface area contributed by atoms with Crippen molar-refractivity contribution >= 4 is 6.04 Å². The molecule has 6 heavy (non-hydrogen) atoms. The Hall–Kier alpha value is -0.400. The van der Waals surface area contributed by atoms with E-state index in [9.17, 15) is 9.18 Å². The number of hydrogen-bond donors (Lipinski definition) is 0. The Bertz CT molecular complexity index is 75.6. The maximum Gasteiger partial charge on any atom is 0.304 e. The molecule has 0 spiro atoms. The second-order valence-corrected chi connectivity index (χ2v) is 1.58. The van der Waals surface area contributed by atoms with Gasteiger partial charge in [0.25, 0.3) is 0 Å². The second kappa shape index (κ2) is 1.03. The van der Waals surface area contributed by atoms with Gasteiger partial charge in [-0.05, 0) is 12.8 Å². The molecule has 0 aromatic carbocycles. The highest BCUT2D eigenvalue weighted by Crippen LogP contribution is 2.29. The summed E-state index contributed by atoms with van der Waals surface area (Å²) in [6.45, 7) is 0. The Morgan fingerprint density at radius 3 is 2.17 bits per heavy atom. The van der Waals surface area contributed by atoms with Gasteiger partial charge in [0.15, 0.2) is 0 Å². The van der Waals surface area contributed by atoms with Crippen LogP contribution in [0, 0.1) is 5.92 Å². The molecular weight excluding hydrogens is 83.0 g/mol. The summed E-state index contributed by atoms with van der Waals surface area (Å²) >= 11 is 0. The molecule has 0 amide bonds. The van der Waals surface area contributed by atoms with Gasteiger partial charge in [-0.3, -0.25) is 4.79 Å². The lowest BCUT2D eigenvalue weighted by atomic mass is 10.5. The van der Waals surface area contributed by atoms with Gasteiger partial charge < -0.3 is 0 Å². The molecule has 2 heteroatoms. The minimum absolute atomic E-state index is 0.204. The molecule has 0 aliphatic heterocycles. The molecule has 0 aromatic heterocycles. The van der Waals surface area contributed by atoms with Crippen molar-refractivity contribution in [1.29, 1.82) is 0 Å². The van der Waals surface area contributed by atoms with E-state index in [2.05, 4.69) is 0 Å². The van der Waals surface area contributed by atoms with Crippen LogP contribution in [0.25, 0.3) is 0 Å². The first-order chi connectivity index (χ1) is 2.80. The van der Waals surface area contributed by atoms with Gasteiger partial charge >= 0.3 is 6.04 Å². The van der Waals surface area contributed by atoms with E-state index >= 15 is 0 Å². The van der Waals surface area contributed by atoms with E-state index in [0.29, 0.717) is 0 Å². The van der Waals surface area contributed by atoms with Crippen LogP contribution < -0.4 is 0 Å². The molecule has 1 nitrogen and oxygen atoms in total. The summed E-state index contributed by atoms with van der Waals surface area (Å²) in [7, 11) is 0. The standard InChI is InChI=1S/C4H5FO/c5-4(6)3-1-2-3/h3H,1-2H2. The molecule has 1 aliphatic rings. The van der Waals surface area contributed by atoms with Gasteiger partial charge in [0, 0.05) is 5.92 Å². The second-order valence-electron chi connectivity index (χ2n) is 1.58. The fourth-order valence-corrected chi connectivity index (χ4v) is 0.310. The van der Waals surface area contributed by atoms with Gasteiger partial charge in [-0.2, -0.15) is 4.39 Å². The zero-order valence-electron chi connectivity index (χ0n) is 3.28. The van der Waals surface area contributed by atoms with E-state index in [1.807, 2.05) is 0 Å². The van der Waals surface area contributed by atoms with Crippen LogP contribution in [0.15, 0.2) is 0 Å². The summed E-state index contributed by atoms with van der Waals surface area (Å²) in [4.78, 5) is 9.54. The molecule has 1 aliphatic carbocycles. The fourth-order valence-electron chi connectivity index (χ4n) is 0.310. The fraction of sp³-hybridized carbons (Fsp3) is 0.750. The summed E-state index contributed by atoms with van der Waals surface area (Å²) in [5.74, 6) is -0.204. The lowest BCUT2D eigenvalue weighted by Gasteiger charge is -1.70. The van der Waals surface area contributed by atoms with E-state index in [1.54, 1.807) is 0 Å². The average Bonchev–Trinajstić information content (AvgIpc) is 2.06. The number of rotatable bonds is 1. The van der Waals surface area contributed by atoms with Gasteiger partial charge in [0.2, 0.25) is 0 Å². The van der Waals surface area contributed by atoms with Crippen molar-refractivity contribution in [3.8, 4) is 0 Å². The summed E-state index contributed by atoms with van der Waals surface area (Å²) in [6.07, 6.45) is 1.55. The maximum absolute atomic E-state index is 11.2. The van der Waals surface area contributed by atoms with Gasteiger partial charge in [0.1, 0.15) is 0 Å². The summed E-state index contributed by atoms with van der Waals surface area (Å²) in [5, 5.41) is 0. The van der Waals surface area contributed by atoms with Crippen molar-refractivity contribution in [2.75, 3.05) is 0 Å². The Kier molecular flexibility index (Phi) is 0.650. The highest BCUT2D eigenvalue weighted by Gasteiger charge is 2.29. The van der Waals surface area contributed by atoms with Crippen LogP contribution in [0.3, 0.4) is 0 Å². The van der Waals surface area contributed by atoms with E-state index < -0.39 is 6.04 Å². The van der Waals surface area contributed by atoms with E-state index in [0.717, 1.165) is 12.8 Å². The van der Waals surface area contributed by atoms with Crippen LogP contribution in [0.4, 0.5) is 4.39 Å². The van der Waals surface area contributed by atoms with Crippen LogP contribution in [0.5, 0.6) is 0 Å². The number of hydrogen-bond acceptors (Lipinski definition) is 1. The van der Waals surface area contributed by atoms with Crippen molar-refractivity contribution in [3.63, 3.8) is 0 Å². The lowest BCUT2D eigenvalue weighted by Crippen LogP contribution is -1.85. The summed E-state index contributed by atoms with van der Waals surface area (Å²) in [5.41, 5.74) is 0. The van der Waals surface area contributed by atoms with Gasteiger partial charge in [-0.15, -0.1) is 0 Å². The molecule has 1 fully saturated rings. The zero-order chi connectivity index (χ0) is 4.57. The van der Waals surface area contributed by atoms with Crippen molar-refractivity contribution in [1.82, 2.24) is 0 Å². The molecule has 0 unspecified atom stereocenters.